The van der Waals surface area contributed by atoms with Gasteiger partial charge in [-0.15, -0.1) is 10.2 Å². The second-order valence-electron chi connectivity index (χ2n) is 5.37. The van der Waals surface area contributed by atoms with Gasteiger partial charge in [0.05, 0.1) is 5.75 Å². The number of aromatic nitrogens is 2. The number of hydrazine groups is 1. The zero-order valence-corrected chi connectivity index (χ0v) is 16.0. The number of hydrogen-bond acceptors (Lipinski definition) is 7. The highest BCUT2D eigenvalue weighted by Crippen LogP contribution is 2.24. The second kappa shape index (κ2) is 9.77. The fraction of sp³-hybridized carbons (Fsp3) is 0.111. The molecular weight excluding hydrogens is 404 g/mol. The predicted molar refractivity (Wildman–Crippen MR) is 104 cm³/mol. The van der Waals surface area contributed by atoms with E-state index in [-0.39, 0.29) is 17.6 Å². The maximum atomic E-state index is 11.8. The zero-order valence-electron chi connectivity index (χ0n) is 14.4. The summed E-state index contributed by atoms with van der Waals surface area (Å²) in [4.78, 5) is 23.5. The molecule has 8 nitrogen and oxygen atoms in total. The van der Waals surface area contributed by atoms with Crippen LogP contribution in [0.1, 0.15) is 0 Å². The minimum atomic E-state index is -0.481. The summed E-state index contributed by atoms with van der Waals surface area (Å²) in [7, 11) is 0. The number of ether oxygens (including phenoxy) is 1. The summed E-state index contributed by atoms with van der Waals surface area (Å²) in [6.07, 6.45) is 0. The minimum Gasteiger partial charge on any atom is -0.484 e. The molecule has 0 radical (unpaired) electrons. The van der Waals surface area contributed by atoms with Crippen LogP contribution < -0.4 is 15.6 Å². The Kier molecular flexibility index (Phi) is 6.88. The molecule has 0 fully saturated rings. The number of carbonyl (C=O) groups is 2. The van der Waals surface area contributed by atoms with E-state index in [0.717, 1.165) is 17.3 Å². The summed E-state index contributed by atoms with van der Waals surface area (Å²) in [5.41, 5.74) is 5.28. The molecule has 2 aromatic carbocycles. The van der Waals surface area contributed by atoms with Crippen LogP contribution >= 0.6 is 23.4 Å². The van der Waals surface area contributed by atoms with E-state index >= 15 is 0 Å². The van der Waals surface area contributed by atoms with E-state index in [1.165, 1.54) is 0 Å². The lowest BCUT2D eigenvalue weighted by Gasteiger charge is -2.08. The number of halogens is 1. The molecule has 28 heavy (non-hydrogen) atoms. The Bertz CT molecular complexity index is 934. The van der Waals surface area contributed by atoms with E-state index in [2.05, 4.69) is 21.0 Å². The van der Waals surface area contributed by atoms with Crippen LogP contribution in [0.2, 0.25) is 5.02 Å². The van der Waals surface area contributed by atoms with Gasteiger partial charge in [0, 0.05) is 10.6 Å². The predicted octanol–water partition coefficient (Wildman–Crippen LogP) is 2.71. The van der Waals surface area contributed by atoms with Gasteiger partial charge < -0.3 is 9.15 Å². The van der Waals surface area contributed by atoms with Crippen LogP contribution in [0.4, 0.5) is 0 Å². The van der Waals surface area contributed by atoms with E-state index in [0.29, 0.717) is 16.7 Å². The zero-order chi connectivity index (χ0) is 19.8. The summed E-state index contributed by atoms with van der Waals surface area (Å²) in [5, 5.41) is 8.63. The molecule has 10 heteroatoms. The number of nitrogens with zero attached hydrogens (tertiary/aromatic N) is 2. The van der Waals surface area contributed by atoms with Gasteiger partial charge in [-0.2, -0.15) is 0 Å². The number of hydrogen-bond donors (Lipinski definition) is 2. The molecule has 1 heterocycles. The van der Waals surface area contributed by atoms with Crippen molar-refractivity contribution in [1.82, 2.24) is 21.0 Å². The summed E-state index contributed by atoms with van der Waals surface area (Å²) in [6.45, 7) is -0.217. The Morgan fingerprint density at radius 3 is 2.46 bits per heavy atom. The number of benzene rings is 2. The summed E-state index contributed by atoms with van der Waals surface area (Å²) < 4.78 is 10.8. The maximum absolute atomic E-state index is 11.8. The molecule has 0 spiro atoms. The Morgan fingerprint density at radius 1 is 1.00 bits per heavy atom. The van der Waals surface area contributed by atoms with Crippen molar-refractivity contribution in [3.63, 3.8) is 0 Å². The Labute approximate surface area is 169 Å². The Balaban J connectivity index is 1.38. The number of para-hydroxylation sites is 1. The van der Waals surface area contributed by atoms with E-state index in [9.17, 15) is 9.59 Å². The van der Waals surface area contributed by atoms with Crippen molar-refractivity contribution in [2.45, 2.75) is 5.22 Å². The fourth-order valence-corrected chi connectivity index (χ4v) is 2.67. The molecule has 0 unspecified atom stereocenters. The second-order valence-corrected chi connectivity index (χ2v) is 6.73. The lowest BCUT2D eigenvalue weighted by atomic mass is 10.2. The minimum absolute atomic E-state index is 0.0118. The third-order valence-electron chi connectivity index (χ3n) is 3.28. The smallest absolute Gasteiger partial charge is 0.277 e. The lowest BCUT2D eigenvalue weighted by Crippen LogP contribution is -2.44. The maximum Gasteiger partial charge on any atom is 0.277 e. The van der Waals surface area contributed by atoms with Gasteiger partial charge >= 0.3 is 0 Å². The van der Waals surface area contributed by atoms with E-state index in [1.54, 1.807) is 48.5 Å². The molecular formula is C18H15ClN4O4S. The van der Waals surface area contributed by atoms with Crippen LogP contribution in [0, 0.1) is 0 Å². The van der Waals surface area contributed by atoms with Gasteiger partial charge in [-0.25, -0.2) is 0 Å². The fourth-order valence-electron chi connectivity index (χ4n) is 1.98. The summed E-state index contributed by atoms with van der Waals surface area (Å²) >= 11 is 6.89. The van der Waals surface area contributed by atoms with Crippen molar-refractivity contribution in [2.24, 2.45) is 0 Å². The molecule has 0 bridgehead atoms. The van der Waals surface area contributed by atoms with Crippen molar-refractivity contribution in [2.75, 3.05) is 12.4 Å². The number of rotatable bonds is 7. The van der Waals surface area contributed by atoms with Crippen molar-refractivity contribution in [1.29, 1.82) is 0 Å². The van der Waals surface area contributed by atoms with Gasteiger partial charge in [-0.05, 0) is 36.4 Å². The van der Waals surface area contributed by atoms with Crippen molar-refractivity contribution in [3.8, 4) is 17.2 Å². The molecule has 0 aliphatic rings. The third kappa shape index (κ3) is 6.00. The van der Waals surface area contributed by atoms with Gasteiger partial charge in [0.25, 0.3) is 11.1 Å². The van der Waals surface area contributed by atoms with Gasteiger partial charge in [0.15, 0.2) is 6.61 Å². The first kappa shape index (κ1) is 19.7. The average molecular weight is 419 g/mol. The summed E-state index contributed by atoms with van der Waals surface area (Å²) in [6, 6.07) is 15.8. The third-order valence-corrected chi connectivity index (χ3v) is 4.35. The number of nitrogens with one attached hydrogen (secondary N) is 2. The molecule has 1 aromatic heterocycles. The van der Waals surface area contributed by atoms with Crippen LogP contribution in [-0.4, -0.2) is 34.4 Å². The highest BCUT2D eigenvalue weighted by Gasteiger charge is 2.12. The molecule has 2 amide bonds. The molecule has 0 saturated heterocycles. The van der Waals surface area contributed by atoms with Crippen molar-refractivity contribution < 1.29 is 18.7 Å². The van der Waals surface area contributed by atoms with Gasteiger partial charge in [-0.3, -0.25) is 20.4 Å². The number of thioether (sulfide) groups is 1. The molecule has 2 N–H and O–H groups in total. The highest BCUT2D eigenvalue weighted by atomic mass is 35.5. The van der Waals surface area contributed by atoms with Gasteiger partial charge in [-0.1, -0.05) is 41.6 Å². The molecule has 0 atom stereocenters. The van der Waals surface area contributed by atoms with Crippen LogP contribution in [0.3, 0.4) is 0 Å². The molecule has 0 saturated carbocycles. The molecule has 144 valence electrons. The number of carbonyl (C=O) groups excluding carboxylic acids is 2. The van der Waals surface area contributed by atoms with Gasteiger partial charge in [0.1, 0.15) is 5.75 Å². The molecule has 0 aliphatic carbocycles. The van der Waals surface area contributed by atoms with E-state index < -0.39 is 11.8 Å². The van der Waals surface area contributed by atoms with Crippen LogP contribution in [0.15, 0.2) is 64.2 Å². The highest BCUT2D eigenvalue weighted by molar-refractivity contribution is 7.99. The molecule has 3 rings (SSSR count). The SMILES string of the molecule is O=C(COc1ccccc1)NNC(=O)CSc1nnc(-c2ccc(Cl)cc2)o1. The van der Waals surface area contributed by atoms with Crippen LogP contribution in [0.25, 0.3) is 11.5 Å². The monoisotopic (exact) mass is 418 g/mol. The Morgan fingerprint density at radius 2 is 1.71 bits per heavy atom. The van der Waals surface area contributed by atoms with Crippen LogP contribution in [0.5, 0.6) is 5.75 Å². The Hall–Kier alpha value is -3.04. The van der Waals surface area contributed by atoms with E-state index in [1.807, 2.05) is 6.07 Å². The van der Waals surface area contributed by atoms with Crippen LogP contribution in [-0.2, 0) is 9.59 Å². The van der Waals surface area contributed by atoms with E-state index in [4.69, 9.17) is 20.8 Å². The topological polar surface area (TPSA) is 106 Å². The van der Waals surface area contributed by atoms with Gasteiger partial charge in [0.2, 0.25) is 11.8 Å². The summed E-state index contributed by atoms with van der Waals surface area (Å²) in [5.74, 6) is -0.0325. The van der Waals surface area contributed by atoms with Crippen molar-refractivity contribution >= 4 is 35.2 Å². The molecule has 3 aromatic rings. The first-order chi connectivity index (χ1) is 13.6. The standard InChI is InChI=1S/C18H15ClN4O4S/c19-13-8-6-12(7-9-13)17-22-23-18(27-17)28-11-16(25)21-20-15(24)10-26-14-4-2-1-3-5-14/h1-9H,10-11H2,(H,20,24)(H,21,25). The number of amides is 2. The normalized spacial score (nSPS) is 10.3. The largest absolute Gasteiger partial charge is 0.484 e. The average Bonchev–Trinajstić information content (AvgIpc) is 3.19. The first-order valence-corrected chi connectivity index (χ1v) is 9.44. The quantitative estimate of drug-likeness (QED) is 0.448. The first-order valence-electron chi connectivity index (χ1n) is 8.08. The molecule has 0 aliphatic heterocycles. The van der Waals surface area contributed by atoms with Crippen molar-refractivity contribution in [3.05, 3.63) is 59.6 Å². The lowest BCUT2D eigenvalue weighted by molar-refractivity contribution is -0.128.